The van der Waals surface area contributed by atoms with E-state index in [1.54, 1.807) is 6.92 Å². The normalized spacial score (nSPS) is 28.1. The van der Waals surface area contributed by atoms with Crippen LogP contribution in [0.15, 0.2) is 0 Å². The minimum Gasteiger partial charge on any atom is -0.377 e. The summed E-state index contributed by atoms with van der Waals surface area (Å²) < 4.78 is 5.67. The first kappa shape index (κ1) is 14.1. The molecule has 0 aromatic heterocycles. The molecule has 0 aromatic carbocycles. The Bertz CT molecular complexity index is 280. The molecule has 0 saturated carbocycles. The molecule has 2 atom stereocenters. The van der Waals surface area contributed by atoms with Crippen molar-refractivity contribution in [3.63, 3.8) is 0 Å². The first-order chi connectivity index (χ1) is 8.66. The molecule has 0 spiro atoms. The Morgan fingerprint density at radius 3 is 2.83 bits per heavy atom. The molecule has 0 radical (unpaired) electrons. The molecular weight excluding hydrogens is 252 g/mol. The van der Waals surface area contributed by atoms with Crippen LogP contribution in [0.25, 0.3) is 0 Å². The van der Waals surface area contributed by atoms with Gasteiger partial charge < -0.3 is 9.64 Å². The number of nitrogens with zero attached hydrogens (tertiary/aromatic N) is 2. The van der Waals surface area contributed by atoms with Gasteiger partial charge in [-0.25, -0.2) is 0 Å². The van der Waals surface area contributed by atoms with E-state index in [-0.39, 0.29) is 5.91 Å². The van der Waals surface area contributed by atoms with E-state index >= 15 is 0 Å². The van der Waals surface area contributed by atoms with Gasteiger partial charge in [0.05, 0.1) is 6.10 Å². The van der Waals surface area contributed by atoms with Crippen molar-refractivity contribution >= 4 is 17.5 Å². The largest absolute Gasteiger partial charge is 0.377 e. The van der Waals surface area contributed by atoms with Gasteiger partial charge in [0.1, 0.15) is 5.38 Å². The maximum atomic E-state index is 11.9. The van der Waals surface area contributed by atoms with Crippen LogP contribution in [0, 0.1) is 0 Å². The summed E-state index contributed by atoms with van der Waals surface area (Å²) in [6.07, 6.45) is 3.80. The molecule has 0 aromatic rings. The minimum absolute atomic E-state index is 0.0654. The highest BCUT2D eigenvalue weighted by Gasteiger charge is 2.24. The molecule has 5 heteroatoms. The standard InChI is InChI=1S/C13H23ClN2O2/c1-11(14)13(17)16-6-3-5-15(7-8-16)10-12-4-2-9-18-12/h11-12H,2-10H2,1H3. The van der Waals surface area contributed by atoms with Crippen LogP contribution in [0.5, 0.6) is 0 Å². The number of amides is 1. The second-order valence-electron chi connectivity index (χ2n) is 5.23. The summed E-state index contributed by atoms with van der Waals surface area (Å²) >= 11 is 5.86. The second kappa shape index (κ2) is 6.73. The zero-order chi connectivity index (χ0) is 13.0. The maximum Gasteiger partial charge on any atom is 0.240 e. The molecule has 2 saturated heterocycles. The lowest BCUT2D eigenvalue weighted by molar-refractivity contribution is -0.130. The molecule has 2 heterocycles. The van der Waals surface area contributed by atoms with E-state index in [1.807, 2.05) is 4.90 Å². The smallest absolute Gasteiger partial charge is 0.240 e. The first-order valence-electron chi connectivity index (χ1n) is 6.93. The van der Waals surface area contributed by atoms with Crippen molar-refractivity contribution in [2.75, 3.05) is 39.3 Å². The molecule has 4 nitrogen and oxygen atoms in total. The number of carbonyl (C=O) groups excluding carboxylic acids is 1. The first-order valence-corrected chi connectivity index (χ1v) is 7.37. The Kier molecular flexibility index (Phi) is 5.27. The highest BCUT2D eigenvalue weighted by atomic mass is 35.5. The predicted octanol–water partition coefficient (Wildman–Crippen LogP) is 1.33. The highest BCUT2D eigenvalue weighted by Crippen LogP contribution is 2.15. The number of rotatable bonds is 3. The summed E-state index contributed by atoms with van der Waals surface area (Å²) in [6.45, 7) is 7.29. The van der Waals surface area contributed by atoms with Crippen LogP contribution < -0.4 is 0 Å². The van der Waals surface area contributed by atoms with Crippen molar-refractivity contribution in [2.24, 2.45) is 0 Å². The Morgan fingerprint density at radius 1 is 1.33 bits per heavy atom. The third-order valence-corrected chi connectivity index (χ3v) is 3.91. The van der Waals surface area contributed by atoms with Gasteiger partial charge >= 0.3 is 0 Å². The van der Waals surface area contributed by atoms with Gasteiger partial charge in [0.2, 0.25) is 5.91 Å². The Hall–Kier alpha value is -0.320. The molecule has 0 N–H and O–H groups in total. The summed E-state index contributed by atoms with van der Waals surface area (Å²) in [5.74, 6) is 0.0654. The van der Waals surface area contributed by atoms with Gasteiger partial charge in [-0.1, -0.05) is 0 Å². The van der Waals surface area contributed by atoms with Crippen molar-refractivity contribution < 1.29 is 9.53 Å². The number of carbonyl (C=O) groups is 1. The predicted molar refractivity (Wildman–Crippen MR) is 71.9 cm³/mol. The second-order valence-corrected chi connectivity index (χ2v) is 5.89. The fourth-order valence-corrected chi connectivity index (χ4v) is 2.84. The summed E-state index contributed by atoms with van der Waals surface area (Å²) in [4.78, 5) is 16.2. The third kappa shape index (κ3) is 3.84. The molecule has 0 bridgehead atoms. The topological polar surface area (TPSA) is 32.8 Å². The van der Waals surface area contributed by atoms with Crippen molar-refractivity contribution in [3.8, 4) is 0 Å². The van der Waals surface area contributed by atoms with Crippen LogP contribution in [0.2, 0.25) is 0 Å². The average Bonchev–Trinajstić information content (AvgIpc) is 2.73. The molecule has 2 rings (SSSR count). The molecule has 104 valence electrons. The van der Waals surface area contributed by atoms with E-state index in [2.05, 4.69) is 4.90 Å². The van der Waals surface area contributed by atoms with E-state index in [1.165, 1.54) is 12.8 Å². The van der Waals surface area contributed by atoms with E-state index < -0.39 is 5.38 Å². The fourth-order valence-electron chi connectivity index (χ4n) is 2.70. The zero-order valence-corrected chi connectivity index (χ0v) is 11.9. The lowest BCUT2D eigenvalue weighted by atomic mass is 10.2. The summed E-state index contributed by atoms with van der Waals surface area (Å²) in [5.41, 5.74) is 0. The highest BCUT2D eigenvalue weighted by molar-refractivity contribution is 6.30. The van der Waals surface area contributed by atoms with E-state index in [4.69, 9.17) is 16.3 Å². The lowest BCUT2D eigenvalue weighted by Crippen LogP contribution is -2.39. The van der Waals surface area contributed by atoms with Crippen LogP contribution in [0.4, 0.5) is 0 Å². The summed E-state index contributed by atoms with van der Waals surface area (Å²) in [5, 5.41) is -0.408. The van der Waals surface area contributed by atoms with Crippen molar-refractivity contribution in [1.29, 1.82) is 0 Å². The average molecular weight is 275 g/mol. The SMILES string of the molecule is CC(Cl)C(=O)N1CCCN(CC2CCCO2)CC1. The lowest BCUT2D eigenvalue weighted by Gasteiger charge is -2.24. The molecule has 2 aliphatic heterocycles. The molecule has 18 heavy (non-hydrogen) atoms. The molecule has 1 amide bonds. The van der Waals surface area contributed by atoms with Crippen LogP contribution >= 0.6 is 11.6 Å². The van der Waals surface area contributed by atoms with Gasteiger partial charge in [-0.05, 0) is 32.7 Å². The van der Waals surface area contributed by atoms with Crippen LogP contribution in [0.3, 0.4) is 0 Å². The Balaban J connectivity index is 1.78. The zero-order valence-electron chi connectivity index (χ0n) is 11.1. The van der Waals surface area contributed by atoms with Gasteiger partial charge in [0, 0.05) is 32.8 Å². The van der Waals surface area contributed by atoms with Crippen LogP contribution in [-0.2, 0) is 9.53 Å². The van der Waals surface area contributed by atoms with Gasteiger partial charge in [0.15, 0.2) is 0 Å². The molecular formula is C13H23ClN2O2. The van der Waals surface area contributed by atoms with E-state index in [9.17, 15) is 4.79 Å². The number of halogens is 1. The van der Waals surface area contributed by atoms with Gasteiger partial charge in [0.25, 0.3) is 0 Å². The molecule has 2 unspecified atom stereocenters. The number of alkyl halides is 1. The summed E-state index contributed by atoms with van der Waals surface area (Å²) in [6, 6.07) is 0. The molecule has 0 aliphatic carbocycles. The van der Waals surface area contributed by atoms with Crippen molar-refractivity contribution in [2.45, 2.75) is 37.7 Å². The third-order valence-electron chi connectivity index (χ3n) is 3.73. The monoisotopic (exact) mass is 274 g/mol. The van der Waals surface area contributed by atoms with Crippen LogP contribution in [-0.4, -0.2) is 66.5 Å². The minimum atomic E-state index is -0.408. The van der Waals surface area contributed by atoms with Gasteiger partial charge in [-0.2, -0.15) is 0 Å². The van der Waals surface area contributed by atoms with E-state index in [0.29, 0.717) is 6.10 Å². The number of hydrogen-bond acceptors (Lipinski definition) is 3. The number of ether oxygens (including phenoxy) is 1. The van der Waals surface area contributed by atoms with Gasteiger partial charge in [-0.3, -0.25) is 9.69 Å². The van der Waals surface area contributed by atoms with Crippen molar-refractivity contribution in [1.82, 2.24) is 9.80 Å². The molecule has 2 fully saturated rings. The summed E-state index contributed by atoms with van der Waals surface area (Å²) in [7, 11) is 0. The van der Waals surface area contributed by atoms with Crippen molar-refractivity contribution in [3.05, 3.63) is 0 Å². The number of hydrogen-bond donors (Lipinski definition) is 0. The Labute approximate surface area is 114 Å². The molecule has 2 aliphatic rings. The quantitative estimate of drug-likeness (QED) is 0.728. The Morgan fingerprint density at radius 2 is 2.17 bits per heavy atom. The van der Waals surface area contributed by atoms with Crippen LogP contribution in [0.1, 0.15) is 26.2 Å². The fraction of sp³-hybridized carbons (Fsp3) is 0.923. The maximum absolute atomic E-state index is 11.9. The van der Waals surface area contributed by atoms with Gasteiger partial charge in [-0.15, -0.1) is 11.6 Å². The van der Waals surface area contributed by atoms with E-state index in [0.717, 1.165) is 45.8 Å².